The van der Waals surface area contributed by atoms with E-state index >= 15 is 0 Å². The highest BCUT2D eigenvalue weighted by molar-refractivity contribution is 7.99. The highest BCUT2D eigenvalue weighted by Gasteiger charge is 2.48. The number of likely N-dealkylation sites (N-methyl/N-ethyl adjacent to an activating group) is 1. The molecule has 5 aromatic carbocycles. The minimum atomic E-state index is -6.10. The molecule has 3 atom stereocenters. The first-order valence-corrected chi connectivity index (χ1v) is 27.7. The van der Waals surface area contributed by atoms with Crippen LogP contribution in [0.3, 0.4) is 0 Å². The number of benzene rings is 5. The Kier molecular flexibility index (Phi) is 18.1. The van der Waals surface area contributed by atoms with Crippen LogP contribution in [0.25, 0.3) is 11.1 Å². The number of halogens is 4. The zero-order valence-corrected chi connectivity index (χ0v) is 42.6. The maximum Gasteiger partial charge on any atom is 0.501 e. The number of sulfonamides is 1. The van der Waals surface area contributed by atoms with Crippen molar-refractivity contribution >= 4 is 71.5 Å². The Morgan fingerprint density at radius 2 is 1.52 bits per heavy atom. The molecule has 1 heterocycles. The topological polar surface area (TPSA) is 165 Å². The maximum absolute atomic E-state index is 14.2. The molecule has 1 aliphatic rings. The third-order valence-electron chi connectivity index (χ3n) is 11.7. The van der Waals surface area contributed by atoms with E-state index in [9.17, 15) is 44.1 Å². The van der Waals surface area contributed by atoms with Gasteiger partial charge in [0.1, 0.15) is 4.90 Å². The van der Waals surface area contributed by atoms with E-state index in [1.54, 1.807) is 19.2 Å². The lowest BCUT2D eigenvalue weighted by Gasteiger charge is -2.39. The summed E-state index contributed by atoms with van der Waals surface area (Å²) in [4.78, 5) is 16.1. The molecular formula is C49H57ClF3N5O7S4. The Morgan fingerprint density at radius 1 is 0.884 bits per heavy atom. The van der Waals surface area contributed by atoms with Crippen molar-refractivity contribution in [2.24, 2.45) is 5.92 Å². The number of carbonyl (C=O) groups excluding carboxylic acids is 1. The third-order valence-corrected chi connectivity index (χ3v) is 17.6. The number of carbonyl (C=O) groups is 1. The largest absolute Gasteiger partial charge is 0.501 e. The predicted molar refractivity (Wildman–Crippen MR) is 270 cm³/mol. The number of nitrogens with zero attached hydrogens (tertiary/aromatic N) is 2. The molecule has 6 rings (SSSR count). The van der Waals surface area contributed by atoms with Crippen LogP contribution in [0.4, 0.5) is 24.5 Å². The lowest BCUT2D eigenvalue weighted by molar-refractivity contribution is -0.0435. The highest BCUT2D eigenvalue weighted by Crippen LogP contribution is 2.40. The number of hydrogen-bond acceptors (Lipinski definition) is 11. The van der Waals surface area contributed by atoms with Crippen LogP contribution in [0, 0.1) is 5.92 Å². The van der Waals surface area contributed by atoms with Gasteiger partial charge in [0.15, 0.2) is 0 Å². The summed E-state index contributed by atoms with van der Waals surface area (Å²) in [6.45, 7) is 7.61. The van der Waals surface area contributed by atoms with Gasteiger partial charge in [0.2, 0.25) is 0 Å². The molecule has 12 nitrogen and oxygen atoms in total. The summed E-state index contributed by atoms with van der Waals surface area (Å²) in [6.07, 6.45) is 1.78. The summed E-state index contributed by atoms with van der Waals surface area (Å²) >= 11 is 7.60. The molecule has 20 heteroatoms. The monoisotopic (exact) mass is 1050 g/mol. The molecule has 5 aromatic rings. The second kappa shape index (κ2) is 23.2. The average Bonchev–Trinajstić information content (AvgIpc) is 3.31. The summed E-state index contributed by atoms with van der Waals surface area (Å²) in [5.41, 5.74) is -2.53. The first kappa shape index (κ1) is 53.9. The molecule has 0 unspecified atom stereocenters. The molecule has 1 fully saturated rings. The molecule has 0 aromatic heterocycles. The summed E-state index contributed by atoms with van der Waals surface area (Å²) in [6, 6.07) is 32.5. The van der Waals surface area contributed by atoms with Crippen molar-refractivity contribution in [2.45, 2.75) is 77.1 Å². The molecule has 0 bridgehead atoms. The number of rotatable bonds is 20. The Morgan fingerprint density at radius 3 is 2.14 bits per heavy atom. The van der Waals surface area contributed by atoms with E-state index in [1.807, 2.05) is 103 Å². The highest BCUT2D eigenvalue weighted by atomic mass is 35.5. The van der Waals surface area contributed by atoms with Gasteiger partial charge >= 0.3 is 5.51 Å². The van der Waals surface area contributed by atoms with Crippen LogP contribution in [0.2, 0.25) is 5.02 Å². The summed E-state index contributed by atoms with van der Waals surface area (Å²) in [5.74, 6) is -0.681. The first-order chi connectivity index (χ1) is 32.6. The van der Waals surface area contributed by atoms with Crippen LogP contribution in [0.1, 0.15) is 62.0 Å². The smallest absolute Gasteiger partial charge is 0.395 e. The Labute approximate surface area is 415 Å². The number of anilines is 2. The van der Waals surface area contributed by atoms with Gasteiger partial charge in [0, 0.05) is 58.6 Å². The predicted octanol–water partition coefficient (Wildman–Crippen LogP) is 9.32. The second-order valence-corrected chi connectivity index (χ2v) is 24.9. The number of aliphatic hydroxyl groups excluding tert-OH is 1. The summed E-state index contributed by atoms with van der Waals surface area (Å²) in [7, 11) is -10.6. The number of aliphatic hydroxyl groups is 1. The van der Waals surface area contributed by atoms with Crippen LogP contribution in [-0.4, -0.2) is 98.8 Å². The zero-order valence-electron chi connectivity index (χ0n) is 38.6. The molecule has 69 heavy (non-hydrogen) atoms. The van der Waals surface area contributed by atoms with E-state index in [-0.39, 0.29) is 24.1 Å². The fourth-order valence-corrected chi connectivity index (χ4v) is 11.9. The number of amides is 1. The fraction of sp³-hybridized carbons (Fsp3) is 0.367. The van der Waals surface area contributed by atoms with Gasteiger partial charge in [-0.15, -0.1) is 11.8 Å². The van der Waals surface area contributed by atoms with Gasteiger partial charge in [0.05, 0.1) is 32.9 Å². The summed E-state index contributed by atoms with van der Waals surface area (Å²) < 4.78 is 114. The molecule has 372 valence electrons. The van der Waals surface area contributed by atoms with Crippen LogP contribution < -0.4 is 19.7 Å². The number of piperidine rings is 1. The van der Waals surface area contributed by atoms with Gasteiger partial charge in [-0.3, -0.25) is 4.79 Å². The second-order valence-electron chi connectivity index (χ2n) is 17.8. The van der Waals surface area contributed by atoms with E-state index in [4.69, 9.17) is 11.6 Å². The van der Waals surface area contributed by atoms with Gasteiger partial charge in [-0.25, -0.2) is 30.5 Å². The SMILES string of the molecule is CN(CCO)CC[C@H](CSc1ccccc1)Nc1ccc(S(=O)(=O)NC(=O)c2ccc(N3CCC([C@@H](N[S@@](=O)C(C)(C)C)c4ccccc4-c4ccc(Cl)cc4)CC3)cc2)cc1S(=O)(=O)C(F)(F)F. The van der Waals surface area contributed by atoms with Gasteiger partial charge < -0.3 is 20.2 Å². The lowest BCUT2D eigenvalue weighted by atomic mass is 9.83. The van der Waals surface area contributed by atoms with E-state index in [0.717, 1.165) is 52.2 Å². The Bertz CT molecular complexity index is 2780. The molecule has 0 radical (unpaired) electrons. The molecule has 0 spiro atoms. The normalized spacial score (nSPS) is 15.4. The van der Waals surface area contributed by atoms with Crippen LogP contribution >= 0.6 is 23.4 Å². The summed E-state index contributed by atoms with van der Waals surface area (Å²) in [5, 5.41) is 12.9. The molecule has 1 saturated heterocycles. The van der Waals surface area contributed by atoms with Crippen molar-refractivity contribution in [3.63, 3.8) is 0 Å². The van der Waals surface area contributed by atoms with Crippen molar-refractivity contribution in [1.29, 1.82) is 0 Å². The van der Waals surface area contributed by atoms with Gasteiger partial charge in [-0.2, -0.15) is 13.2 Å². The number of nitrogens with one attached hydrogen (secondary N) is 3. The minimum Gasteiger partial charge on any atom is -0.395 e. The van der Waals surface area contributed by atoms with Crippen molar-refractivity contribution in [3.8, 4) is 11.1 Å². The van der Waals surface area contributed by atoms with Gasteiger partial charge in [0.25, 0.3) is 25.8 Å². The number of sulfone groups is 1. The van der Waals surface area contributed by atoms with Gasteiger partial charge in [-0.1, -0.05) is 66.2 Å². The van der Waals surface area contributed by atoms with Crippen LogP contribution in [0.15, 0.2) is 136 Å². The van der Waals surface area contributed by atoms with E-state index in [2.05, 4.69) is 21.0 Å². The molecular weight excluding hydrogens is 991 g/mol. The molecule has 0 saturated carbocycles. The van der Waals surface area contributed by atoms with E-state index in [0.29, 0.717) is 49.4 Å². The molecule has 1 aliphatic heterocycles. The van der Waals surface area contributed by atoms with Crippen LogP contribution in [0.5, 0.6) is 0 Å². The number of thioether (sulfide) groups is 1. The standard InChI is InChI=1S/C49H57ClF3N5O7S4/c1-48(2,3)67(61)55-46(43-13-9-8-12-42(43)34-14-18-37(50)19-15-34)35-24-28-58(29-25-35)39-20-16-36(17-21-39)47(60)56-69(64,65)41-22-23-44(45(32-41)68(62,63)49(51,52)53)54-38(26-27-57(4)30-31-59)33-66-40-10-6-5-7-11-40/h5-23,32,35,38,46,54-55,59H,24-31,33H2,1-4H3,(H,56,60)/t38-,46-,67+/m1/s1. The molecule has 0 aliphatic carbocycles. The zero-order chi connectivity index (χ0) is 50.1. The third kappa shape index (κ3) is 14.1. The number of alkyl halides is 3. The quantitative estimate of drug-likeness (QED) is 0.0549. The minimum absolute atomic E-state index is 0.0590. The van der Waals surface area contributed by atoms with Crippen molar-refractivity contribution in [3.05, 3.63) is 137 Å². The van der Waals surface area contributed by atoms with Crippen molar-refractivity contribution < 1.29 is 44.1 Å². The lowest BCUT2D eigenvalue weighted by Crippen LogP contribution is -2.42. The van der Waals surface area contributed by atoms with E-state index in [1.165, 1.54) is 23.9 Å². The molecule has 4 N–H and O–H groups in total. The Hall–Kier alpha value is -4.47. The Balaban J connectivity index is 1.17. The number of hydrogen-bond donors (Lipinski definition) is 4. The maximum atomic E-state index is 14.2. The molecule has 1 amide bonds. The van der Waals surface area contributed by atoms with E-state index < -0.39 is 68.5 Å². The average molecular weight is 1050 g/mol. The van der Waals surface area contributed by atoms with Crippen molar-refractivity contribution in [2.75, 3.05) is 55.8 Å². The fourth-order valence-electron chi connectivity index (χ4n) is 7.85. The first-order valence-electron chi connectivity index (χ1n) is 22.2. The van der Waals surface area contributed by atoms with Crippen molar-refractivity contribution in [1.82, 2.24) is 14.3 Å². The van der Waals surface area contributed by atoms with Gasteiger partial charge in [-0.05, 0) is 143 Å². The van der Waals surface area contributed by atoms with Crippen LogP contribution in [-0.2, 0) is 30.8 Å².